The quantitative estimate of drug-likeness (QED) is 0.634. The Bertz CT molecular complexity index is 790. The van der Waals surface area contributed by atoms with Crippen LogP contribution in [0, 0.1) is 0 Å². The fourth-order valence-corrected chi connectivity index (χ4v) is 6.54. The lowest BCUT2D eigenvalue weighted by Gasteiger charge is -2.25. The standard InChI is InChI=1S/C20H30ClN3O3S2/c21-19-7-6-17(29(26,27)24-12-14-28-15-13-24)16-18(19)20(25)22-8-5-11-23-9-3-1-2-4-10-23/h6-7,16H,1-5,8-15H2,(H,22,25). The molecule has 162 valence electrons. The van der Waals surface area contributed by atoms with Crippen LogP contribution >= 0.6 is 23.4 Å². The fourth-order valence-electron chi connectivity index (χ4n) is 3.73. The van der Waals surface area contributed by atoms with E-state index in [1.54, 1.807) is 11.8 Å². The van der Waals surface area contributed by atoms with Crippen LogP contribution in [0.15, 0.2) is 23.1 Å². The van der Waals surface area contributed by atoms with Crippen molar-refractivity contribution in [3.63, 3.8) is 0 Å². The van der Waals surface area contributed by atoms with E-state index in [-0.39, 0.29) is 21.4 Å². The highest BCUT2D eigenvalue weighted by atomic mass is 35.5. The molecule has 6 nitrogen and oxygen atoms in total. The van der Waals surface area contributed by atoms with Crippen LogP contribution in [0.2, 0.25) is 5.02 Å². The van der Waals surface area contributed by atoms with Crippen molar-refractivity contribution < 1.29 is 13.2 Å². The number of nitrogens with one attached hydrogen (secondary N) is 1. The number of likely N-dealkylation sites (tertiary alicyclic amines) is 1. The maximum atomic E-state index is 12.9. The van der Waals surface area contributed by atoms with Gasteiger partial charge in [-0.05, 0) is 57.1 Å². The lowest BCUT2D eigenvalue weighted by atomic mass is 10.2. The molecule has 0 spiro atoms. The average molecular weight is 460 g/mol. The van der Waals surface area contributed by atoms with Gasteiger partial charge in [0.05, 0.1) is 15.5 Å². The number of sulfonamides is 1. The van der Waals surface area contributed by atoms with Crippen LogP contribution in [-0.2, 0) is 10.0 Å². The number of rotatable bonds is 7. The van der Waals surface area contributed by atoms with Crippen LogP contribution in [0.5, 0.6) is 0 Å². The minimum Gasteiger partial charge on any atom is -0.352 e. The monoisotopic (exact) mass is 459 g/mol. The number of carbonyl (C=O) groups is 1. The van der Waals surface area contributed by atoms with Crippen LogP contribution in [-0.4, -0.2) is 74.3 Å². The summed E-state index contributed by atoms with van der Waals surface area (Å²) in [4.78, 5) is 15.2. The SMILES string of the molecule is O=C(NCCCN1CCCCCC1)c1cc(S(=O)(=O)N2CCSCC2)ccc1Cl. The molecular formula is C20H30ClN3O3S2. The van der Waals surface area contributed by atoms with Crippen molar-refractivity contribution in [1.82, 2.24) is 14.5 Å². The molecule has 0 saturated carbocycles. The van der Waals surface area contributed by atoms with Gasteiger partial charge in [-0.15, -0.1) is 0 Å². The highest BCUT2D eigenvalue weighted by Gasteiger charge is 2.27. The Balaban J connectivity index is 1.57. The lowest BCUT2D eigenvalue weighted by molar-refractivity contribution is 0.0951. The summed E-state index contributed by atoms with van der Waals surface area (Å²) in [5.41, 5.74) is 0.217. The zero-order chi connectivity index (χ0) is 20.7. The molecule has 2 aliphatic rings. The number of hydrogen-bond donors (Lipinski definition) is 1. The number of nitrogens with zero attached hydrogens (tertiary/aromatic N) is 2. The van der Waals surface area contributed by atoms with Crippen LogP contribution < -0.4 is 5.32 Å². The van der Waals surface area contributed by atoms with Gasteiger partial charge in [-0.1, -0.05) is 24.4 Å². The predicted octanol–water partition coefficient (Wildman–Crippen LogP) is 3.07. The Morgan fingerprint density at radius 3 is 2.45 bits per heavy atom. The Morgan fingerprint density at radius 2 is 1.76 bits per heavy atom. The highest BCUT2D eigenvalue weighted by molar-refractivity contribution is 7.99. The van der Waals surface area contributed by atoms with Gasteiger partial charge in [-0.3, -0.25) is 4.79 Å². The maximum Gasteiger partial charge on any atom is 0.252 e. The Morgan fingerprint density at radius 1 is 1.07 bits per heavy atom. The van der Waals surface area contributed by atoms with Crippen molar-refractivity contribution in [2.24, 2.45) is 0 Å². The van der Waals surface area contributed by atoms with Gasteiger partial charge in [0.2, 0.25) is 10.0 Å². The van der Waals surface area contributed by atoms with E-state index >= 15 is 0 Å². The molecule has 0 atom stereocenters. The topological polar surface area (TPSA) is 69.7 Å². The Kier molecular flexibility index (Phi) is 8.68. The van der Waals surface area contributed by atoms with Crippen molar-refractivity contribution in [2.45, 2.75) is 37.0 Å². The van der Waals surface area contributed by atoms with Crippen LogP contribution in [0.3, 0.4) is 0 Å². The minimum absolute atomic E-state index is 0.128. The van der Waals surface area contributed by atoms with Crippen LogP contribution in [0.25, 0.3) is 0 Å². The molecule has 2 heterocycles. The van der Waals surface area contributed by atoms with Gasteiger partial charge in [0.1, 0.15) is 0 Å². The number of benzene rings is 1. The van der Waals surface area contributed by atoms with E-state index in [9.17, 15) is 13.2 Å². The molecule has 0 unspecified atom stereocenters. The van der Waals surface area contributed by atoms with E-state index in [1.165, 1.54) is 48.2 Å². The van der Waals surface area contributed by atoms with Crippen LogP contribution in [0.4, 0.5) is 0 Å². The molecule has 1 aromatic carbocycles. The maximum absolute atomic E-state index is 12.9. The van der Waals surface area contributed by atoms with Gasteiger partial charge in [0.25, 0.3) is 5.91 Å². The van der Waals surface area contributed by atoms with E-state index in [2.05, 4.69) is 10.2 Å². The summed E-state index contributed by atoms with van der Waals surface area (Å²) in [7, 11) is -3.60. The normalized spacial score (nSPS) is 19.6. The average Bonchev–Trinajstić information content (AvgIpc) is 3.01. The van der Waals surface area contributed by atoms with Gasteiger partial charge >= 0.3 is 0 Å². The Hall–Kier alpha value is -0.800. The van der Waals surface area contributed by atoms with E-state index in [0.717, 1.165) is 37.6 Å². The number of thioether (sulfide) groups is 1. The molecule has 0 aliphatic carbocycles. The van der Waals surface area contributed by atoms with E-state index in [4.69, 9.17) is 11.6 Å². The first kappa shape index (κ1) is 22.9. The number of carbonyl (C=O) groups excluding carboxylic acids is 1. The summed E-state index contributed by atoms with van der Waals surface area (Å²) in [5, 5.41) is 3.16. The van der Waals surface area contributed by atoms with Crippen molar-refractivity contribution in [2.75, 3.05) is 50.8 Å². The van der Waals surface area contributed by atoms with Gasteiger partial charge in [-0.2, -0.15) is 16.1 Å². The summed E-state index contributed by atoms with van der Waals surface area (Å²) >= 11 is 7.95. The number of amides is 1. The molecule has 2 saturated heterocycles. The van der Waals surface area contributed by atoms with E-state index in [0.29, 0.717) is 19.6 Å². The Labute approximate surface area is 183 Å². The fraction of sp³-hybridized carbons (Fsp3) is 0.650. The molecule has 1 amide bonds. The first-order chi connectivity index (χ1) is 14.0. The third-order valence-corrected chi connectivity index (χ3v) is 8.59. The summed E-state index contributed by atoms with van der Waals surface area (Å²) in [6, 6.07) is 4.39. The molecule has 29 heavy (non-hydrogen) atoms. The highest BCUT2D eigenvalue weighted by Crippen LogP contribution is 2.25. The summed E-state index contributed by atoms with van der Waals surface area (Å²) in [6.07, 6.45) is 5.98. The summed E-state index contributed by atoms with van der Waals surface area (Å²) in [5.74, 6) is 1.26. The lowest BCUT2D eigenvalue weighted by Crippen LogP contribution is -2.38. The van der Waals surface area contributed by atoms with Crippen LogP contribution in [0.1, 0.15) is 42.5 Å². The van der Waals surface area contributed by atoms with E-state index < -0.39 is 10.0 Å². The molecule has 1 N–H and O–H groups in total. The number of halogens is 1. The molecule has 0 radical (unpaired) electrons. The molecular weight excluding hydrogens is 430 g/mol. The molecule has 2 aliphatic heterocycles. The molecule has 2 fully saturated rings. The van der Waals surface area contributed by atoms with Crippen molar-refractivity contribution in [3.05, 3.63) is 28.8 Å². The van der Waals surface area contributed by atoms with Gasteiger partial charge in [0, 0.05) is 31.1 Å². The first-order valence-corrected chi connectivity index (χ1v) is 13.3. The summed E-state index contributed by atoms with van der Waals surface area (Å²) < 4.78 is 27.2. The van der Waals surface area contributed by atoms with Gasteiger partial charge < -0.3 is 10.2 Å². The second-order valence-electron chi connectivity index (χ2n) is 7.52. The third kappa shape index (κ3) is 6.34. The van der Waals surface area contributed by atoms with E-state index in [1.807, 2.05) is 0 Å². The van der Waals surface area contributed by atoms with Crippen molar-refractivity contribution in [3.8, 4) is 0 Å². The minimum atomic E-state index is -3.60. The third-order valence-electron chi connectivity index (χ3n) is 5.43. The predicted molar refractivity (Wildman–Crippen MR) is 119 cm³/mol. The summed E-state index contributed by atoms with van der Waals surface area (Å²) in [6.45, 7) is 4.77. The number of hydrogen-bond acceptors (Lipinski definition) is 5. The second-order valence-corrected chi connectivity index (χ2v) is 11.1. The van der Waals surface area contributed by atoms with Crippen molar-refractivity contribution in [1.29, 1.82) is 0 Å². The van der Waals surface area contributed by atoms with Gasteiger partial charge in [0.15, 0.2) is 0 Å². The van der Waals surface area contributed by atoms with Crippen molar-refractivity contribution >= 4 is 39.3 Å². The largest absolute Gasteiger partial charge is 0.352 e. The molecule has 1 aromatic rings. The zero-order valence-electron chi connectivity index (χ0n) is 16.7. The second kappa shape index (κ2) is 11.0. The molecule has 9 heteroatoms. The first-order valence-electron chi connectivity index (χ1n) is 10.4. The van der Waals surface area contributed by atoms with Gasteiger partial charge in [-0.25, -0.2) is 8.42 Å². The smallest absolute Gasteiger partial charge is 0.252 e. The molecule has 0 aromatic heterocycles. The molecule has 3 rings (SSSR count). The molecule has 0 bridgehead atoms. The zero-order valence-corrected chi connectivity index (χ0v) is 19.1.